The third-order valence-corrected chi connectivity index (χ3v) is 2.83. The number of nitrogens with zero attached hydrogens (tertiary/aromatic N) is 1. The first-order chi connectivity index (χ1) is 9.51. The molecular weight excluding hydrogens is 290 g/mol. The summed E-state index contributed by atoms with van der Waals surface area (Å²) >= 11 is 5.74. The largest absolute Gasteiger partial charge is 0.395 e. The fraction of sp³-hybridized carbons (Fsp3) is 0.462. The van der Waals surface area contributed by atoms with Gasteiger partial charge in [0.05, 0.1) is 19.7 Å². The summed E-state index contributed by atoms with van der Waals surface area (Å²) in [6, 6.07) is 6.95. The number of amides is 1. The van der Waals surface area contributed by atoms with Crippen LogP contribution in [-0.2, 0) is 11.3 Å². The minimum atomic E-state index is -2.54. The Labute approximate surface area is 121 Å². The van der Waals surface area contributed by atoms with Crippen LogP contribution in [0.5, 0.6) is 0 Å². The van der Waals surface area contributed by atoms with E-state index < -0.39 is 13.0 Å². The molecule has 0 aliphatic rings. The summed E-state index contributed by atoms with van der Waals surface area (Å²) in [5.74, 6) is -0.367. The van der Waals surface area contributed by atoms with E-state index in [1.807, 2.05) is 0 Å². The van der Waals surface area contributed by atoms with E-state index in [1.165, 1.54) is 4.90 Å². The first-order valence-electron chi connectivity index (χ1n) is 6.13. The van der Waals surface area contributed by atoms with Crippen molar-refractivity contribution in [3.05, 3.63) is 34.9 Å². The lowest BCUT2D eigenvalue weighted by Gasteiger charge is -2.20. The van der Waals surface area contributed by atoms with Crippen LogP contribution < -0.4 is 5.32 Å². The molecular formula is C13H17ClF2N2O2. The van der Waals surface area contributed by atoms with Crippen molar-refractivity contribution >= 4 is 17.5 Å². The highest BCUT2D eigenvalue weighted by atomic mass is 35.5. The van der Waals surface area contributed by atoms with Crippen molar-refractivity contribution in [3.63, 3.8) is 0 Å². The Kier molecular flexibility index (Phi) is 7.43. The molecule has 2 N–H and O–H groups in total. The van der Waals surface area contributed by atoms with Crippen LogP contribution in [0.15, 0.2) is 24.3 Å². The third kappa shape index (κ3) is 6.79. The Morgan fingerprint density at radius 3 is 2.55 bits per heavy atom. The van der Waals surface area contributed by atoms with Crippen molar-refractivity contribution in [1.29, 1.82) is 0 Å². The summed E-state index contributed by atoms with van der Waals surface area (Å²) in [6.45, 7) is -0.624. The van der Waals surface area contributed by atoms with Crippen molar-refractivity contribution in [3.8, 4) is 0 Å². The number of hydrogen-bond acceptors (Lipinski definition) is 3. The van der Waals surface area contributed by atoms with Gasteiger partial charge in [-0.2, -0.15) is 0 Å². The van der Waals surface area contributed by atoms with Crippen LogP contribution in [0.25, 0.3) is 0 Å². The molecule has 0 unspecified atom stereocenters. The van der Waals surface area contributed by atoms with Crippen LogP contribution in [0.2, 0.25) is 5.02 Å². The minimum Gasteiger partial charge on any atom is -0.395 e. The summed E-state index contributed by atoms with van der Waals surface area (Å²) in [7, 11) is 0. The Balaban J connectivity index is 2.39. The van der Waals surface area contributed by atoms with Crippen molar-refractivity contribution < 1.29 is 18.7 Å². The molecule has 4 nitrogen and oxygen atoms in total. The second-order valence-electron chi connectivity index (χ2n) is 4.25. The van der Waals surface area contributed by atoms with Crippen LogP contribution in [0.4, 0.5) is 8.78 Å². The number of alkyl halides is 2. The van der Waals surface area contributed by atoms with Gasteiger partial charge in [-0.1, -0.05) is 23.7 Å². The lowest BCUT2D eigenvalue weighted by atomic mass is 10.2. The van der Waals surface area contributed by atoms with Crippen LogP contribution in [0.3, 0.4) is 0 Å². The molecule has 0 saturated carbocycles. The molecule has 20 heavy (non-hydrogen) atoms. The summed E-state index contributed by atoms with van der Waals surface area (Å²) in [6.07, 6.45) is -2.54. The van der Waals surface area contributed by atoms with Gasteiger partial charge in [-0.3, -0.25) is 9.69 Å². The first-order valence-corrected chi connectivity index (χ1v) is 6.51. The Hall–Kier alpha value is -1.24. The zero-order chi connectivity index (χ0) is 15.0. The average molecular weight is 307 g/mol. The number of carbonyl (C=O) groups excluding carboxylic acids is 1. The zero-order valence-corrected chi connectivity index (χ0v) is 11.6. The molecule has 0 bridgehead atoms. The van der Waals surface area contributed by atoms with Crippen LogP contribution in [-0.4, -0.2) is 48.6 Å². The highest BCUT2D eigenvalue weighted by Crippen LogP contribution is 2.09. The second kappa shape index (κ2) is 8.84. The minimum absolute atomic E-state index is 0.0404. The lowest BCUT2D eigenvalue weighted by molar-refractivity contribution is -0.122. The fourth-order valence-corrected chi connectivity index (χ4v) is 1.76. The van der Waals surface area contributed by atoms with Crippen LogP contribution in [0, 0.1) is 0 Å². The molecule has 0 aliphatic carbocycles. The number of rotatable bonds is 8. The van der Waals surface area contributed by atoms with Gasteiger partial charge in [-0.15, -0.1) is 0 Å². The number of hydrogen-bond donors (Lipinski definition) is 2. The molecule has 1 aromatic carbocycles. The maximum Gasteiger partial charge on any atom is 0.251 e. The Morgan fingerprint density at radius 1 is 1.35 bits per heavy atom. The molecule has 0 radical (unpaired) electrons. The first kappa shape index (κ1) is 16.8. The normalized spacial score (nSPS) is 11.1. The van der Waals surface area contributed by atoms with Crippen LogP contribution in [0.1, 0.15) is 5.56 Å². The molecule has 0 spiro atoms. The van der Waals surface area contributed by atoms with E-state index in [0.717, 1.165) is 5.56 Å². The molecule has 1 aromatic rings. The van der Waals surface area contributed by atoms with E-state index in [1.54, 1.807) is 24.3 Å². The Morgan fingerprint density at radius 2 is 2.00 bits per heavy atom. The number of nitrogens with one attached hydrogen (secondary N) is 1. The van der Waals surface area contributed by atoms with Gasteiger partial charge in [-0.25, -0.2) is 8.78 Å². The third-order valence-electron chi connectivity index (χ3n) is 2.58. The van der Waals surface area contributed by atoms with E-state index in [-0.39, 0.29) is 25.6 Å². The molecule has 0 atom stereocenters. The van der Waals surface area contributed by atoms with Gasteiger partial charge in [0, 0.05) is 18.1 Å². The van der Waals surface area contributed by atoms with E-state index >= 15 is 0 Å². The van der Waals surface area contributed by atoms with E-state index in [4.69, 9.17) is 16.7 Å². The van der Waals surface area contributed by atoms with Gasteiger partial charge in [0.1, 0.15) is 0 Å². The monoisotopic (exact) mass is 306 g/mol. The summed E-state index contributed by atoms with van der Waals surface area (Å²) < 4.78 is 24.6. The molecule has 1 rings (SSSR count). The second-order valence-corrected chi connectivity index (χ2v) is 4.69. The number of halogens is 3. The number of aliphatic hydroxyl groups is 1. The molecule has 1 amide bonds. The average Bonchev–Trinajstić information content (AvgIpc) is 2.37. The van der Waals surface area contributed by atoms with Crippen molar-refractivity contribution in [1.82, 2.24) is 10.2 Å². The molecule has 0 saturated heterocycles. The lowest BCUT2D eigenvalue weighted by Crippen LogP contribution is -2.40. The molecule has 0 fully saturated rings. The SMILES string of the molecule is O=C(CN(CCO)CC(F)F)NCc1ccc(Cl)cc1. The predicted octanol–water partition coefficient (Wildman–Crippen LogP) is 1.52. The van der Waals surface area contributed by atoms with Crippen molar-refractivity contribution in [2.75, 3.05) is 26.2 Å². The quantitative estimate of drug-likeness (QED) is 0.765. The maximum absolute atomic E-state index is 12.3. The van der Waals surface area contributed by atoms with E-state index in [0.29, 0.717) is 11.6 Å². The Bertz CT molecular complexity index is 415. The maximum atomic E-state index is 12.3. The number of carbonyl (C=O) groups is 1. The van der Waals surface area contributed by atoms with E-state index in [2.05, 4.69) is 5.32 Å². The van der Waals surface area contributed by atoms with Gasteiger partial charge >= 0.3 is 0 Å². The number of benzene rings is 1. The highest BCUT2D eigenvalue weighted by Gasteiger charge is 2.14. The topological polar surface area (TPSA) is 52.6 Å². The predicted molar refractivity (Wildman–Crippen MR) is 72.8 cm³/mol. The fourth-order valence-electron chi connectivity index (χ4n) is 1.63. The molecule has 0 aliphatic heterocycles. The smallest absolute Gasteiger partial charge is 0.251 e. The molecule has 0 aromatic heterocycles. The van der Waals surface area contributed by atoms with Crippen LogP contribution >= 0.6 is 11.6 Å². The number of aliphatic hydroxyl groups excluding tert-OH is 1. The summed E-state index contributed by atoms with van der Waals surface area (Å²) in [5, 5.41) is 12.0. The standard InChI is InChI=1S/C13H17ClF2N2O2/c14-11-3-1-10(2-4-11)7-17-13(20)9-18(5-6-19)8-12(15)16/h1-4,12,19H,5-9H2,(H,17,20). The molecule has 7 heteroatoms. The summed E-state index contributed by atoms with van der Waals surface area (Å²) in [4.78, 5) is 12.9. The van der Waals surface area contributed by atoms with Gasteiger partial charge in [0.15, 0.2) is 0 Å². The molecule has 0 heterocycles. The van der Waals surface area contributed by atoms with Gasteiger partial charge in [0.25, 0.3) is 6.43 Å². The van der Waals surface area contributed by atoms with Crippen molar-refractivity contribution in [2.45, 2.75) is 13.0 Å². The highest BCUT2D eigenvalue weighted by molar-refractivity contribution is 6.30. The van der Waals surface area contributed by atoms with Gasteiger partial charge < -0.3 is 10.4 Å². The van der Waals surface area contributed by atoms with Gasteiger partial charge in [0.2, 0.25) is 5.91 Å². The van der Waals surface area contributed by atoms with Crippen molar-refractivity contribution in [2.24, 2.45) is 0 Å². The molecule has 112 valence electrons. The summed E-state index contributed by atoms with van der Waals surface area (Å²) in [5.41, 5.74) is 0.866. The van der Waals surface area contributed by atoms with E-state index in [9.17, 15) is 13.6 Å². The van der Waals surface area contributed by atoms with Gasteiger partial charge in [-0.05, 0) is 17.7 Å². The zero-order valence-electron chi connectivity index (χ0n) is 10.9.